The largest absolute Gasteiger partial charge is 0.492 e. The Bertz CT molecular complexity index is 677. The van der Waals surface area contributed by atoms with Crippen molar-refractivity contribution in [2.24, 2.45) is 0 Å². The molecule has 0 unspecified atom stereocenters. The molecule has 0 aliphatic carbocycles. The van der Waals surface area contributed by atoms with E-state index >= 15 is 0 Å². The highest BCUT2D eigenvalue weighted by Gasteiger charge is 2.15. The van der Waals surface area contributed by atoms with Crippen LogP contribution in [-0.2, 0) is 0 Å². The van der Waals surface area contributed by atoms with Gasteiger partial charge in [0.2, 0.25) is 0 Å². The summed E-state index contributed by atoms with van der Waals surface area (Å²) in [7, 11) is 0. The van der Waals surface area contributed by atoms with Gasteiger partial charge in [-0.2, -0.15) is 0 Å². The van der Waals surface area contributed by atoms with E-state index in [1.807, 2.05) is 0 Å². The van der Waals surface area contributed by atoms with E-state index in [0.717, 1.165) is 12.1 Å². The number of anilines is 1. The molecular weight excluding hydrogens is 300 g/mol. The van der Waals surface area contributed by atoms with E-state index in [9.17, 15) is 13.6 Å². The maximum atomic E-state index is 13.6. The lowest BCUT2D eigenvalue weighted by Gasteiger charge is -2.12. The topological polar surface area (TPSA) is 38.3 Å². The second-order valence-corrected chi connectivity index (χ2v) is 4.59. The Labute approximate surface area is 125 Å². The summed E-state index contributed by atoms with van der Waals surface area (Å²) >= 11 is 5.74. The highest BCUT2D eigenvalue weighted by atomic mass is 35.5. The van der Waals surface area contributed by atoms with Crippen LogP contribution in [0, 0.1) is 11.6 Å². The number of ether oxygens (including phenoxy) is 1. The first kappa shape index (κ1) is 15.3. The van der Waals surface area contributed by atoms with Crippen LogP contribution in [0.3, 0.4) is 0 Å². The predicted molar refractivity (Wildman–Crippen MR) is 76.9 cm³/mol. The van der Waals surface area contributed by atoms with Crippen molar-refractivity contribution in [2.75, 3.05) is 11.9 Å². The van der Waals surface area contributed by atoms with Crippen LogP contribution in [0.2, 0.25) is 5.02 Å². The van der Waals surface area contributed by atoms with E-state index < -0.39 is 17.5 Å². The molecule has 21 heavy (non-hydrogen) atoms. The van der Waals surface area contributed by atoms with Crippen LogP contribution < -0.4 is 10.1 Å². The van der Waals surface area contributed by atoms with Gasteiger partial charge in [0, 0.05) is 11.1 Å². The van der Waals surface area contributed by atoms with Crippen LogP contribution >= 0.6 is 11.6 Å². The van der Waals surface area contributed by atoms with Crippen molar-refractivity contribution < 1.29 is 18.3 Å². The van der Waals surface area contributed by atoms with Gasteiger partial charge in [-0.25, -0.2) is 8.78 Å². The monoisotopic (exact) mass is 311 g/mol. The van der Waals surface area contributed by atoms with Gasteiger partial charge in [0.05, 0.1) is 17.9 Å². The molecule has 0 aromatic heterocycles. The van der Waals surface area contributed by atoms with Crippen LogP contribution in [-0.4, -0.2) is 12.5 Å². The SMILES string of the molecule is CCOc1cc(F)ccc1NC(=O)c1cc(Cl)ccc1F. The number of rotatable bonds is 4. The van der Waals surface area contributed by atoms with E-state index in [-0.39, 0.29) is 22.0 Å². The summed E-state index contributed by atoms with van der Waals surface area (Å²) in [6.07, 6.45) is 0. The number of amides is 1. The third-order valence-electron chi connectivity index (χ3n) is 2.66. The summed E-state index contributed by atoms with van der Waals surface area (Å²) in [5.41, 5.74) is 0.0527. The summed E-state index contributed by atoms with van der Waals surface area (Å²) in [6.45, 7) is 2.03. The quantitative estimate of drug-likeness (QED) is 0.915. The van der Waals surface area contributed by atoms with E-state index in [1.165, 1.54) is 24.3 Å². The highest BCUT2D eigenvalue weighted by Crippen LogP contribution is 2.26. The lowest BCUT2D eigenvalue weighted by molar-refractivity contribution is 0.102. The van der Waals surface area contributed by atoms with E-state index in [0.29, 0.717) is 6.61 Å². The predicted octanol–water partition coefficient (Wildman–Crippen LogP) is 4.27. The fraction of sp³-hybridized carbons (Fsp3) is 0.133. The second-order valence-electron chi connectivity index (χ2n) is 4.15. The van der Waals surface area contributed by atoms with Crippen molar-refractivity contribution in [3.8, 4) is 5.75 Å². The van der Waals surface area contributed by atoms with E-state index in [4.69, 9.17) is 16.3 Å². The Kier molecular flexibility index (Phi) is 4.75. The molecule has 0 saturated heterocycles. The smallest absolute Gasteiger partial charge is 0.258 e. The molecule has 0 aliphatic rings. The van der Waals surface area contributed by atoms with Crippen molar-refractivity contribution in [2.45, 2.75) is 6.92 Å². The third kappa shape index (κ3) is 3.70. The van der Waals surface area contributed by atoms with Gasteiger partial charge in [-0.1, -0.05) is 11.6 Å². The fourth-order valence-corrected chi connectivity index (χ4v) is 1.91. The van der Waals surface area contributed by atoms with Crippen LogP contribution in [0.15, 0.2) is 36.4 Å². The summed E-state index contributed by atoms with van der Waals surface area (Å²) in [6, 6.07) is 7.33. The van der Waals surface area contributed by atoms with Gasteiger partial charge < -0.3 is 10.1 Å². The van der Waals surface area contributed by atoms with Gasteiger partial charge >= 0.3 is 0 Å². The number of halogens is 3. The zero-order chi connectivity index (χ0) is 15.4. The highest BCUT2D eigenvalue weighted by molar-refractivity contribution is 6.31. The van der Waals surface area contributed by atoms with Gasteiger partial charge in [-0.15, -0.1) is 0 Å². The summed E-state index contributed by atoms with van der Waals surface area (Å²) in [5, 5.41) is 2.72. The Morgan fingerprint density at radius 3 is 2.71 bits per heavy atom. The molecule has 6 heteroatoms. The number of hydrogen-bond donors (Lipinski definition) is 1. The molecule has 2 aromatic rings. The lowest BCUT2D eigenvalue weighted by atomic mass is 10.2. The number of carbonyl (C=O) groups excluding carboxylic acids is 1. The van der Waals surface area contributed by atoms with Crippen LogP contribution in [0.25, 0.3) is 0 Å². The normalized spacial score (nSPS) is 10.3. The molecule has 0 saturated carbocycles. The molecule has 0 radical (unpaired) electrons. The molecule has 0 heterocycles. The average Bonchev–Trinajstić information content (AvgIpc) is 2.44. The molecule has 1 N–H and O–H groups in total. The molecule has 0 aliphatic heterocycles. The molecule has 1 amide bonds. The first-order valence-corrected chi connectivity index (χ1v) is 6.58. The van der Waals surface area contributed by atoms with Crippen LogP contribution in [0.1, 0.15) is 17.3 Å². The molecule has 2 rings (SSSR count). The Morgan fingerprint density at radius 2 is 2.00 bits per heavy atom. The van der Waals surface area contributed by atoms with Crippen molar-refractivity contribution >= 4 is 23.2 Å². The van der Waals surface area contributed by atoms with Crippen molar-refractivity contribution in [3.05, 3.63) is 58.6 Å². The fourth-order valence-electron chi connectivity index (χ4n) is 1.74. The minimum absolute atomic E-state index is 0.174. The average molecular weight is 312 g/mol. The zero-order valence-corrected chi connectivity index (χ0v) is 11.9. The summed E-state index contributed by atoms with van der Waals surface area (Å²) < 4.78 is 32.0. The Morgan fingerprint density at radius 1 is 1.24 bits per heavy atom. The molecule has 0 atom stereocenters. The molecule has 3 nitrogen and oxygen atoms in total. The van der Waals surface area contributed by atoms with Gasteiger partial charge in [0.1, 0.15) is 17.4 Å². The molecule has 110 valence electrons. The second kappa shape index (κ2) is 6.54. The lowest BCUT2D eigenvalue weighted by Crippen LogP contribution is -2.14. The molecule has 0 fully saturated rings. The zero-order valence-electron chi connectivity index (χ0n) is 11.1. The first-order valence-electron chi connectivity index (χ1n) is 6.20. The van der Waals surface area contributed by atoms with E-state index in [1.54, 1.807) is 6.92 Å². The first-order chi connectivity index (χ1) is 10.0. The number of hydrogen-bond acceptors (Lipinski definition) is 2. The minimum atomic E-state index is -0.697. The third-order valence-corrected chi connectivity index (χ3v) is 2.90. The van der Waals surface area contributed by atoms with Gasteiger partial charge in [0.15, 0.2) is 0 Å². The van der Waals surface area contributed by atoms with Crippen LogP contribution in [0.4, 0.5) is 14.5 Å². The molecule has 2 aromatic carbocycles. The van der Waals surface area contributed by atoms with E-state index in [2.05, 4.69) is 5.32 Å². The standard InChI is InChI=1S/C15H12ClF2NO2/c1-2-21-14-8-10(17)4-6-13(14)19-15(20)11-7-9(16)3-5-12(11)18/h3-8H,2H2,1H3,(H,19,20). The van der Waals surface area contributed by atoms with Gasteiger partial charge in [0.25, 0.3) is 5.91 Å². The van der Waals surface area contributed by atoms with Gasteiger partial charge in [-0.05, 0) is 37.3 Å². The van der Waals surface area contributed by atoms with Gasteiger partial charge in [-0.3, -0.25) is 4.79 Å². The van der Waals surface area contributed by atoms with Crippen molar-refractivity contribution in [1.29, 1.82) is 0 Å². The maximum absolute atomic E-state index is 13.6. The Balaban J connectivity index is 2.29. The van der Waals surface area contributed by atoms with Crippen molar-refractivity contribution in [1.82, 2.24) is 0 Å². The molecule has 0 bridgehead atoms. The summed E-state index contributed by atoms with van der Waals surface area (Å²) in [5.74, 6) is -1.71. The summed E-state index contributed by atoms with van der Waals surface area (Å²) in [4.78, 5) is 12.1. The molecular formula is C15H12ClF2NO2. The van der Waals surface area contributed by atoms with Crippen molar-refractivity contribution in [3.63, 3.8) is 0 Å². The number of benzene rings is 2. The Hall–Kier alpha value is -2.14. The minimum Gasteiger partial charge on any atom is -0.492 e. The van der Waals surface area contributed by atoms with Crippen LogP contribution in [0.5, 0.6) is 5.75 Å². The number of nitrogens with one attached hydrogen (secondary N) is 1. The number of carbonyl (C=O) groups is 1. The maximum Gasteiger partial charge on any atom is 0.258 e. The molecule has 0 spiro atoms.